The first-order valence-electron chi connectivity index (χ1n) is 7.00. The van der Waals surface area contributed by atoms with Gasteiger partial charge in [-0.25, -0.2) is 4.98 Å². The van der Waals surface area contributed by atoms with Crippen LogP contribution >= 0.6 is 0 Å². The van der Waals surface area contributed by atoms with Crippen LogP contribution in [0.5, 0.6) is 5.75 Å². The van der Waals surface area contributed by atoms with Crippen molar-refractivity contribution in [1.29, 1.82) is 0 Å². The topological polar surface area (TPSA) is 39.1 Å². The molecule has 0 amide bonds. The maximum atomic E-state index is 5.26. The SMILES string of the molecule is COc1ccc2c(c1)nc(CC1CCCCN1)n2C. The Hall–Kier alpha value is -1.55. The number of rotatable bonds is 3. The van der Waals surface area contributed by atoms with Crippen LogP contribution in [0, 0.1) is 0 Å². The molecule has 2 heterocycles. The number of nitrogens with zero attached hydrogens (tertiary/aromatic N) is 2. The van der Waals surface area contributed by atoms with Crippen LogP contribution in [0.15, 0.2) is 18.2 Å². The Morgan fingerprint density at radius 3 is 3.05 bits per heavy atom. The summed E-state index contributed by atoms with van der Waals surface area (Å²) in [4.78, 5) is 4.76. The normalized spacial score (nSPS) is 19.8. The number of aromatic nitrogens is 2. The van der Waals surface area contributed by atoms with E-state index in [-0.39, 0.29) is 0 Å². The molecule has 4 heteroatoms. The Balaban J connectivity index is 1.88. The molecule has 4 nitrogen and oxygen atoms in total. The molecule has 1 atom stereocenters. The molecule has 19 heavy (non-hydrogen) atoms. The quantitative estimate of drug-likeness (QED) is 0.919. The maximum absolute atomic E-state index is 5.26. The molecular formula is C15H21N3O. The Labute approximate surface area is 113 Å². The fraction of sp³-hybridized carbons (Fsp3) is 0.533. The summed E-state index contributed by atoms with van der Waals surface area (Å²) in [6.45, 7) is 1.14. The second-order valence-corrected chi connectivity index (χ2v) is 5.29. The highest BCUT2D eigenvalue weighted by atomic mass is 16.5. The van der Waals surface area contributed by atoms with Crippen molar-refractivity contribution < 1.29 is 4.74 Å². The molecule has 102 valence electrons. The van der Waals surface area contributed by atoms with Gasteiger partial charge in [-0.2, -0.15) is 0 Å². The van der Waals surface area contributed by atoms with Gasteiger partial charge in [0.2, 0.25) is 0 Å². The number of methoxy groups -OCH3 is 1. The molecule has 1 fully saturated rings. The molecule has 1 aromatic heterocycles. The van der Waals surface area contributed by atoms with E-state index in [2.05, 4.69) is 23.0 Å². The molecular weight excluding hydrogens is 238 g/mol. The van der Waals surface area contributed by atoms with Gasteiger partial charge in [-0.15, -0.1) is 0 Å². The van der Waals surface area contributed by atoms with Crippen molar-refractivity contribution in [2.45, 2.75) is 31.7 Å². The van der Waals surface area contributed by atoms with Gasteiger partial charge in [0.05, 0.1) is 18.1 Å². The molecule has 1 aromatic carbocycles. The Kier molecular flexibility index (Phi) is 3.42. The minimum Gasteiger partial charge on any atom is -0.497 e. The van der Waals surface area contributed by atoms with Crippen LogP contribution in [-0.4, -0.2) is 29.2 Å². The van der Waals surface area contributed by atoms with E-state index in [1.54, 1.807) is 7.11 Å². The number of benzene rings is 1. The molecule has 2 aromatic rings. The second-order valence-electron chi connectivity index (χ2n) is 5.29. The lowest BCUT2D eigenvalue weighted by Crippen LogP contribution is -2.36. The van der Waals surface area contributed by atoms with Crippen molar-refractivity contribution in [2.75, 3.05) is 13.7 Å². The summed E-state index contributed by atoms with van der Waals surface area (Å²) >= 11 is 0. The molecule has 0 spiro atoms. The van der Waals surface area contributed by atoms with E-state index < -0.39 is 0 Å². The number of hydrogen-bond acceptors (Lipinski definition) is 3. The molecule has 1 unspecified atom stereocenters. The minimum absolute atomic E-state index is 0.575. The van der Waals surface area contributed by atoms with Gasteiger partial charge in [-0.3, -0.25) is 0 Å². The number of fused-ring (bicyclic) bond motifs is 1. The Morgan fingerprint density at radius 1 is 1.42 bits per heavy atom. The molecule has 0 aliphatic carbocycles. The smallest absolute Gasteiger partial charge is 0.121 e. The maximum Gasteiger partial charge on any atom is 0.121 e. The van der Waals surface area contributed by atoms with E-state index in [4.69, 9.17) is 9.72 Å². The van der Waals surface area contributed by atoms with Gasteiger partial charge in [-0.05, 0) is 31.5 Å². The van der Waals surface area contributed by atoms with Crippen molar-refractivity contribution in [2.24, 2.45) is 7.05 Å². The van der Waals surface area contributed by atoms with Crippen LogP contribution in [0.4, 0.5) is 0 Å². The summed E-state index contributed by atoms with van der Waals surface area (Å²) < 4.78 is 7.46. The number of aryl methyl sites for hydroxylation is 1. The number of ether oxygens (including phenoxy) is 1. The summed E-state index contributed by atoms with van der Waals surface area (Å²) in [5.74, 6) is 2.02. The molecule has 1 N–H and O–H groups in total. The molecule has 1 saturated heterocycles. The molecule has 1 aliphatic heterocycles. The molecule has 0 radical (unpaired) electrons. The van der Waals surface area contributed by atoms with E-state index in [0.29, 0.717) is 6.04 Å². The van der Waals surface area contributed by atoms with Crippen LogP contribution in [0.1, 0.15) is 25.1 Å². The van der Waals surface area contributed by atoms with E-state index in [0.717, 1.165) is 30.1 Å². The fourth-order valence-corrected chi connectivity index (χ4v) is 2.86. The average molecular weight is 259 g/mol. The average Bonchev–Trinajstić information content (AvgIpc) is 2.76. The first-order chi connectivity index (χ1) is 9.28. The number of nitrogens with one attached hydrogen (secondary N) is 1. The lowest BCUT2D eigenvalue weighted by molar-refractivity contribution is 0.392. The first-order valence-corrected chi connectivity index (χ1v) is 7.00. The van der Waals surface area contributed by atoms with Gasteiger partial charge in [0.1, 0.15) is 11.6 Å². The zero-order valence-corrected chi connectivity index (χ0v) is 11.6. The van der Waals surface area contributed by atoms with Crippen LogP contribution in [0.3, 0.4) is 0 Å². The third kappa shape index (κ3) is 2.45. The Morgan fingerprint density at radius 2 is 2.32 bits per heavy atom. The highest BCUT2D eigenvalue weighted by Gasteiger charge is 2.17. The first kappa shape index (κ1) is 12.5. The minimum atomic E-state index is 0.575. The van der Waals surface area contributed by atoms with E-state index >= 15 is 0 Å². The van der Waals surface area contributed by atoms with Crippen molar-refractivity contribution in [1.82, 2.24) is 14.9 Å². The lowest BCUT2D eigenvalue weighted by atomic mass is 10.0. The number of piperidine rings is 1. The van der Waals surface area contributed by atoms with E-state index in [1.165, 1.54) is 24.8 Å². The van der Waals surface area contributed by atoms with Crippen LogP contribution < -0.4 is 10.1 Å². The monoisotopic (exact) mass is 259 g/mol. The fourth-order valence-electron chi connectivity index (χ4n) is 2.86. The lowest BCUT2D eigenvalue weighted by Gasteiger charge is -2.22. The predicted octanol–water partition coefficient (Wildman–Crippen LogP) is 2.27. The third-order valence-electron chi connectivity index (χ3n) is 4.02. The summed E-state index contributed by atoms with van der Waals surface area (Å²) in [5.41, 5.74) is 2.19. The van der Waals surface area contributed by atoms with Gasteiger partial charge in [0, 0.05) is 25.6 Å². The van der Waals surface area contributed by atoms with Gasteiger partial charge in [0.15, 0.2) is 0 Å². The molecule has 3 rings (SSSR count). The second kappa shape index (κ2) is 5.21. The zero-order chi connectivity index (χ0) is 13.2. The van der Waals surface area contributed by atoms with Crippen LogP contribution in [0.2, 0.25) is 0 Å². The molecule has 1 aliphatic rings. The van der Waals surface area contributed by atoms with Crippen molar-refractivity contribution in [3.8, 4) is 5.75 Å². The van der Waals surface area contributed by atoms with Gasteiger partial charge >= 0.3 is 0 Å². The number of imidazole rings is 1. The summed E-state index contributed by atoms with van der Waals surface area (Å²) in [6.07, 6.45) is 4.89. The zero-order valence-electron chi connectivity index (χ0n) is 11.6. The standard InChI is InChI=1S/C15H21N3O/c1-18-14-7-6-12(19-2)10-13(14)17-15(18)9-11-5-3-4-8-16-11/h6-7,10-11,16H,3-5,8-9H2,1-2H3. The van der Waals surface area contributed by atoms with Crippen LogP contribution in [0.25, 0.3) is 11.0 Å². The van der Waals surface area contributed by atoms with Gasteiger partial charge in [0.25, 0.3) is 0 Å². The van der Waals surface area contributed by atoms with Crippen molar-refractivity contribution >= 4 is 11.0 Å². The molecule has 0 saturated carbocycles. The summed E-state index contributed by atoms with van der Waals surface area (Å²) in [6, 6.07) is 6.66. The summed E-state index contributed by atoms with van der Waals surface area (Å²) in [7, 11) is 3.79. The number of hydrogen-bond donors (Lipinski definition) is 1. The van der Waals surface area contributed by atoms with Crippen LogP contribution in [-0.2, 0) is 13.5 Å². The van der Waals surface area contributed by atoms with Gasteiger partial charge < -0.3 is 14.6 Å². The summed E-state index contributed by atoms with van der Waals surface area (Å²) in [5, 5.41) is 3.58. The van der Waals surface area contributed by atoms with Crippen molar-refractivity contribution in [3.63, 3.8) is 0 Å². The third-order valence-corrected chi connectivity index (χ3v) is 4.02. The highest BCUT2D eigenvalue weighted by Crippen LogP contribution is 2.22. The Bertz CT molecular complexity index is 570. The highest BCUT2D eigenvalue weighted by molar-refractivity contribution is 5.77. The van der Waals surface area contributed by atoms with Crippen molar-refractivity contribution in [3.05, 3.63) is 24.0 Å². The van der Waals surface area contributed by atoms with E-state index in [1.807, 2.05) is 12.1 Å². The van der Waals surface area contributed by atoms with E-state index in [9.17, 15) is 0 Å². The van der Waals surface area contributed by atoms with Gasteiger partial charge in [-0.1, -0.05) is 6.42 Å². The molecule has 0 bridgehead atoms. The largest absolute Gasteiger partial charge is 0.497 e. The predicted molar refractivity (Wildman–Crippen MR) is 76.6 cm³/mol.